The predicted molar refractivity (Wildman–Crippen MR) is 81.1 cm³/mol. The third-order valence-corrected chi connectivity index (χ3v) is 3.38. The van der Waals surface area contributed by atoms with Crippen molar-refractivity contribution in [2.45, 2.75) is 32.2 Å². The SMILES string of the molecule is Cc1ccc(C#CCCO)c(C(=O)NC2CCCOC2)c1. The molecule has 1 unspecified atom stereocenters. The largest absolute Gasteiger partial charge is 0.395 e. The molecule has 1 aromatic rings. The van der Waals surface area contributed by atoms with E-state index in [0.29, 0.717) is 24.2 Å². The van der Waals surface area contributed by atoms with Crippen LogP contribution < -0.4 is 5.32 Å². The molecule has 1 fully saturated rings. The summed E-state index contributed by atoms with van der Waals surface area (Å²) in [4.78, 5) is 12.4. The van der Waals surface area contributed by atoms with Gasteiger partial charge in [-0.3, -0.25) is 4.79 Å². The first-order valence-electron chi connectivity index (χ1n) is 7.29. The lowest BCUT2D eigenvalue weighted by Crippen LogP contribution is -2.40. The van der Waals surface area contributed by atoms with E-state index in [1.54, 1.807) is 0 Å². The summed E-state index contributed by atoms with van der Waals surface area (Å²) in [5, 5.41) is 11.8. The lowest BCUT2D eigenvalue weighted by atomic mass is 10.0. The van der Waals surface area contributed by atoms with Crippen molar-refractivity contribution in [3.63, 3.8) is 0 Å². The Hall–Kier alpha value is -1.83. The van der Waals surface area contributed by atoms with Gasteiger partial charge in [0.05, 0.1) is 24.8 Å². The van der Waals surface area contributed by atoms with E-state index in [-0.39, 0.29) is 18.6 Å². The van der Waals surface area contributed by atoms with Gasteiger partial charge in [0.15, 0.2) is 0 Å². The highest BCUT2D eigenvalue weighted by atomic mass is 16.5. The summed E-state index contributed by atoms with van der Waals surface area (Å²) in [6, 6.07) is 5.71. The molecule has 1 aromatic carbocycles. The fourth-order valence-corrected chi connectivity index (χ4v) is 2.29. The average molecular weight is 287 g/mol. The van der Waals surface area contributed by atoms with Crippen LogP contribution >= 0.6 is 0 Å². The summed E-state index contributed by atoms with van der Waals surface area (Å²) in [5.41, 5.74) is 2.31. The Morgan fingerprint density at radius 2 is 2.38 bits per heavy atom. The molecule has 0 aromatic heterocycles. The van der Waals surface area contributed by atoms with Gasteiger partial charge < -0.3 is 15.2 Å². The van der Waals surface area contributed by atoms with E-state index in [1.165, 1.54) is 0 Å². The standard InChI is InChI=1S/C17H21NO3/c1-13-7-8-14(5-2-3-9-19)16(11-13)17(20)18-15-6-4-10-21-12-15/h7-8,11,15,19H,3-4,6,9-10,12H2,1H3,(H,18,20). The van der Waals surface area contributed by atoms with E-state index < -0.39 is 0 Å². The molecule has 2 rings (SSSR count). The van der Waals surface area contributed by atoms with Crippen molar-refractivity contribution in [1.82, 2.24) is 5.32 Å². The number of carbonyl (C=O) groups is 1. The second-order valence-electron chi connectivity index (χ2n) is 5.21. The Kier molecular flexibility index (Phi) is 5.79. The van der Waals surface area contributed by atoms with E-state index in [0.717, 1.165) is 25.0 Å². The number of nitrogens with one attached hydrogen (secondary N) is 1. The van der Waals surface area contributed by atoms with Crippen molar-refractivity contribution in [1.29, 1.82) is 0 Å². The van der Waals surface area contributed by atoms with Gasteiger partial charge in [0.1, 0.15) is 0 Å². The van der Waals surface area contributed by atoms with Crippen LogP contribution in [0.1, 0.15) is 40.7 Å². The van der Waals surface area contributed by atoms with E-state index in [2.05, 4.69) is 17.2 Å². The van der Waals surface area contributed by atoms with Crippen molar-refractivity contribution in [2.75, 3.05) is 19.8 Å². The van der Waals surface area contributed by atoms with Crippen molar-refractivity contribution >= 4 is 5.91 Å². The highest BCUT2D eigenvalue weighted by Crippen LogP contribution is 2.13. The molecule has 21 heavy (non-hydrogen) atoms. The molecule has 1 heterocycles. The van der Waals surface area contributed by atoms with Gasteiger partial charge >= 0.3 is 0 Å². The molecule has 0 bridgehead atoms. The fourth-order valence-electron chi connectivity index (χ4n) is 2.29. The quantitative estimate of drug-likeness (QED) is 0.831. The van der Waals surface area contributed by atoms with Crippen molar-refractivity contribution in [3.8, 4) is 11.8 Å². The van der Waals surface area contributed by atoms with Gasteiger partial charge in [-0.15, -0.1) is 0 Å². The molecule has 0 saturated carbocycles. The predicted octanol–water partition coefficient (Wildman–Crippen LogP) is 1.64. The first kappa shape index (κ1) is 15.6. The monoisotopic (exact) mass is 287 g/mol. The van der Waals surface area contributed by atoms with Crippen LogP contribution in [0.4, 0.5) is 0 Å². The number of hydrogen-bond acceptors (Lipinski definition) is 3. The molecule has 0 spiro atoms. The van der Waals surface area contributed by atoms with Crippen LogP contribution in [0.15, 0.2) is 18.2 Å². The minimum atomic E-state index is -0.109. The minimum absolute atomic E-state index is 0.0276. The Morgan fingerprint density at radius 1 is 1.52 bits per heavy atom. The summed E-state index contributed by atoms with van der Waals surface area (Å²) in [6.07, 6.45) is 2.33. The fraction of sp³-hybridized carbons (Fsp3) is 0.471. The zero-order valence-corrected chi connectivity index (χ0v) is 12.3. The zero-order chi connectivity index (χ0) is 15.1. The summed E-state index contributed by atoms with van der Waals surface area (Å²) in [5.74, 6) is 5.71. The van der Waals surface area contributed by atoms with Gasteiger partial charge in [-0.1, -0.05) is 23.5 Å². The van der Waals surface area contributed by atoms with Gasteiger partial charge in [-0.05, 0) is 31.9 Å². The van der Waals surface area contributed by atoms with Crippen LogP contribution in [-0.4, -0.2) is 36.9 Å². The molecule has 1 aliphatic heterocycles. The third-order valence-electron chi connectivity index (χ3n) is 3.38. The third kappa shape index (κ3) is 4.59. The lowest BCUT2D eigenvalue weighted by molar-refractivity contribution is 0.0624. The number of benzene rings is 1. The maximum absolute atomic E-state index is 12.4. The summed E-state index contributed by atoms with van der Waals surface area (Å²) in [6.45, 7) is 3.32. The Morgan fingerprint density at radius 3 is 3.10 bits per heavy atom. The van der Waals surface area contributed by atoms with Gasteiger partial charge in [0, 0.05) is 18.6 Å². The molecule has 4 heteroatoms. The van der Waals surface area contributed by atoms with Crippen molar-refractivity contribution < 1.29 is 14.6 Å². The van der Waals surface area contributed by atoms with E-state index >= 15 is 0 Å². The number of ether oxygens (including phenoxy) is 1. The smallest absolute Gasteiger partial charge is 0.252 e. The number of carbonyl (C=O) groups excluding carboxylic acids is 1. The molecule has 1 atom stereocenters. The van der Waals surface area contributed by atoms with Gasteiger partial charge in [0.2, 0.25) is 0 Å². The molecule has 0 aliphatic carbocycles. The Bertz CT molecular complexity index is 551. The second-order valence-corrected chi connectivity index (χ2v) is 5.21. The van der Waals surface area contributed by atoms with E-state index in [1.807, 2.05) is 25.1 Å². The van der Waals surface area contributed by atoms with Crippen molar-refractivity contribution in [3.05, 3.63) is 34.9 Å². The van der Waals surface area contributed by atoms with Gasteiger partial charge in [0.25, 0.3) is 5.91 Å². The van der Waals surface area contributed by atoms with Crippen LogP contribution in [0.25, 0.3) is 0 Å². The molecule has 2 N–H and O–H groups in total. The second kappa shape index (κ2) is 7.82. The maximum atomic E-state index is 12.4. The number of aryl methyl sites for hydroxylation is 1. The van der Waals surface area contributed by atoms with Gasteiger partial charge in [-0.25, -0.2) is 0 Å². The molecule has 4 nitrogen and oxygen atoms in total. The Labute approximate surface area is 125 Å². The van der Waals surface area contributed by atoms with Crippen LogP contribution in [0.2, 0.25) is 0 Å². The van der Waals surface area contributed by atoms with E-state index in [9.17, 15) is 4.79 Å². The molecule has 1 amide bonds. The summed E-state index contributed by atoms with van der Waals surface area (Å²) in [7, 11) is 0. The van der Waals surface area contributed by atoms with Crippen LogP contribution in [0.3, 0.4) is 0 Å². The summed E-state index contributed by atoms with van der Waals surface area (Å²) < 4.78 is 5.38. The number of aliphatic hydroxyl groups is 1. The molecule has 112 valence electrons. The normalized spacial score (nSPS) is 17.7. The van der Waals surface area contributed by atoms with Gasteiger partial charge in [-0.2, -0.15) is 0 Å². The lowest BCUT2D eigenvalue weighted by Gasteiger charge is -2.23. The Balaban J connectivity index is 2.14. The van der Waals surface area contributed by atoms with Crippen LogP contribution in [0.5, 0.6) is 0 Å². The highest BCUT2D eigenvalue weighted by molar-refractivity contribution is 5.97. The van der Waals surface area contributed by atoms with Crippen LogP contribution in [-0.2, 0) is 4.74 Å². The number of aliphatic hydroxyl groups excluding tert-OH is 1. The van der Waals surface area contributed by atoms with E-state index in [4.69, 9.17) is 9.84 Å². The molecule has 0 radical (unpaired) electrons. The minimum Gasteiger partial charge on any atom is -0.395 e. The zero-order valence-electron chi connectivity index (χ0n) is 12.3. The van der Waals surface area contributed by atoms with Crippen LogP contribution in [0, 0.1) is 18.8 Å². The number of rotatable bonds is 3. The first-order chi connectivity index (χ1) is 10.2. The molecule has 1 aliphatic rings. The maximum Gasteiger partial charge on any atom is 0.252 e. The molecular formula is C17H21NO3. The molecule has 1 saturated heterocycles. The van der Waals surface area contributed by atoms with Crippen molar-refractivity contribution in [2.24, 2.45) is 0 Å². The average Bonchev–Trinajstić information content (AvgIpc) is 2.50. The summed E-state index contributed by atoms with van der Waals surface area (Å²) >= 11 is 0. The highest BCUT2D eigenvalue weighted by Gasteiger charge is 2.18. The number of amides is 1. The molecular weight excluding hydrogens is 266 g/mol. The first-order valence-corrected chi connectivity index (χ1v) is 7.29. The number of hydrogen-bond donors (Lipinski definition) is 2. The topological polar surface area (TPSA) is 58.6 Å².